The molecule has 2 N–H and O–H groups in total. The van der Waals surface area contributed by atoms with Crippen LogP contribution in [-0.4, -0.2) is 22.9 Å². The summed E-state index contributed by atoms with van der Waals surface area (Å²) >= 11 is 3.23. The van der Waals surface area contributed by atoms with Crippen LogP contribution in [0.2, 0.25) is 0 Å². The van der Waals surface area contributed by atoms with Crippen molar-refractivity contribution in [2.45, 2.75) is 0 Å². The van der Waals surface area contributed by atoms with Gasteiger partial charge in [-0.15, -0.1) is 0 Å². The summed E-state index contributed by atoms with van der Waals surface area (Å²) in [6, 6.07) is 8.35. The lowest BCUT2D eigenvalue weighted by molar-refractivity contribution is 0.626. The van der Waals surface area contributed by atoms with Crippen LogP contribution >= 0.6 is 15.9 Å². The van der Waals surface area contributed by atoms with Gasteiger partial charge >= 0.3 is 0 Å². The van der Waals surface area contributed by atoms with E-state index in [1.807, 2.05) is 0 Å². The Morgan fingerprint density at radius 3 is 2.58 bits per heavy atom. The number of fused-ring (bicyclic) bond motifs is 1. The molecule has 1 aromatic heterocycles. The van der Waals surface area contributed by atoms with Crippen LogP contribution in [0.1, 0.15) is 0 Å². The van der Waals surface area contributed by atoms with E-state index in [1.54, 1.807) is 18.0 Å². The Morgan fingerprint density at radius 1 is 1.17 bits per heavy atom. The maximum absolute atomic E-state index is 13.7. The van der Waals surface area contributed by atoms with Crippen LogP contribution in [0.4, 0.5) is 20.3 Å². The first-order valence-electron chi connectivity index (χ1n) is 6.87. The van der Waals surface area contributed by atoms with Crippen molar-refractivity contribution in [1.82, 2.24) is 9.55 Å². The van der Waals surface area contributed by atoms with E-state index in [1.165, 1.54) is 34.9 Å². The second kappa shape index (κ2) is 6.12. The fourth-order valence-electron chi connectivity index (χ4n) is 2.47. The Hall–Kier alpha value is -2.61. The number of hydrogen-bond donors (Lipinski definition) is 2. The Labute approximate surface area is 144 Å². The van der Waals surface area contributed by atoms with Gasteiger partial charge in [0, 0.05) is 22.6 Å². The Morgan fingerprint density at radius 2 is 1.92 bits per heavy atom. The van der Waals surface area contributed by atoms with E-state index >= 15 is 0 Å². The van der Waals surface area contributed by atoms with Crippen LogP contribution in [0.15, 0.2) is 40.9 Å². The highest BCUT2D eigenvalue weighted by atomic mass is 79.9. The predicted molar refractivity (Wildman–Crippen MR) is 91.9 cm³/mol. The number of hydrogen-bond acceptors (Lipinski definition) is 4. The van der Waals surface area contributed by atoms with E-state index in [0.29, 0.717) is 26.9 Å². The van der Waals surface area contributed by atoms with Crippen molar-refractivity contribution < 1.29 is 8.78 Å². The van der Waals surface area contributed by atoms with Gasteiger partial charge in [-0.05, 0) is 36.4 Å². The zero-order chi connectivity index (χ0) is 17.4. The molecule has 122 valence electrons. The summed E-state index contributed by atoms with van der Waals surface area (Å²) in [5.74, 6) is -0.600. The minimum absolute atomic E-state index is 0.179. The molecule has 0 radical (unpaired) electrons. The van der Waals surface area contributed by atoms with E-state index < -0.39 is 11.6 Å². The smallest absolute Gasteiger partial charge is 0.229 e. The average molecular weight is 392 g/mol. The van der Waals surface area contributed by atoms with Crippen molar-refractivity contribution in [2.75, 3.05) is 11.9 Å². The minimum Gasteiger partial charge on any atom is -0.329 e. The molecule has 24 heavy (non-hydrogen) atoms. The van der Waals surface area contributed by atoms with Crippen LogP contribution < -0.4 is 10.5 Å². The quantitative estimate of drug-likeness (QED) is 0.526. The molecule has 0 aliphatic rings. The molecule has 0 aliphatic heterocycles. The van der Waals surface area contributed by atoms with E-state index in [-0.39, 0.29) is 5.62 Å². The highest BCUT2D eigenvalue weighted by Crippen LogP contribution is 2.30. The molecule has 0 fully saturated rings. The van der Waals surface area contributed by atoms with Gasteiger partial charge in [0.1, 0.15) is 17.5 Å². The molecular formula is C16H12BrF2N5. The second-order valence-corrected chi connectivity index (χ2v) is 6.02. The second-order valence-electron chi connectivity index (χ2n) is 5.11. The number of rotatable bonds is 3. The van der Waals surface area contributed by atoms with Gasteiger partial charge < -0.3 is 4.90 Å². The Balaban J connectivity index is 2.31. The molecule has 0 saturated carbocycles. The summed E-state index contributed by atoms with van der Waals surface area (Å²) in [6.45, 7) is 0. The van der Waals surface area contributed by atoms with Gasteiger partial charge in [0.2, 0.25) is 5.62 Å². The van der Waals surface area contributed by atoms with Crippen molar-refractivity contribution in [3.63, 3.8) is 0 Å². The molecule has 5 nitrogen and oxygen atoms in total. The molecular weight excluding hydrogens is 380 g/mol. The number of nitrogens with one attached hydrogen (secondary N) is 2. The van der Waals surface area contributed by atoms with Crippen LogP contribution in [0.5, 0.6) is 0 Å². The maximum Gasteiger partial charge on any atom is 0.229 e. The molecule has 0 amide bonds. The van der Waals surface area contributed by atoms with Crippen LogP contribution in [-0.2, 0) is 0 Å². The first-order chi connectivity index (χ1) is 11.4. The molecule has 0 atom stereocenters. The van der Waals surface area contributed by atoms with Crippen LogP contribution in [0, 0.1) is 22.5 Å². The fraction of sp³-hybridized carbons (Fsp3) is 0.0625. The monoisotopic (exact) mass is 391 g/mol. The van der Waals surface area contributed by atoms with Crippen molar-refractivity contribution in [2.24, 2.45) is 0 Å². The molecule has 3 aromatic rings. The summed E-state index contributed by atoms with van der Waals surface area (Å²) in [5, 5.41) is 15.8. The molecule has 2 aromatic carbocycles. The number of benzene rings is 2. The van der Waals surface area contributed by atoms with E-state index in [0.717, 1.165) is 6.34 Å². The average Bonchev–Trinajstić information content (AvgIpc) is 2.53. The molecule has 0 aliphatic carbocycles. The van der Waals surface area contributed by atoms with Gasteiger partial charge in [0.15, 0.2) is 0 Å². The van der Waals surface area contributed by atoms with E-state index in [2.05, 4.69) is 20.9 Å². The van der Waals surface area contributed by atoms with Crippen LogP contribution in [0.25, 0.3) is 10.9 Å². The molecule has 0 spiro atoms. The number of nitrogens with zero attached hydrogens (tertiary/aromatic N) is 3. The summed E-state index contributed by atoms with van der Waals surface area (Å²) < 4.78 is 29.2. The highest BCUT2D eigenvalue weighted by molar-refractivity contribution is 9.10. The van der Waals surface area contributed by atoms with Gasteiger partial charge in [-0.25, -0.2) is 8.78 Å². The zero-order valence-corrected chi connectivity index (χ0v) is 14.1. The normalized spacial score (nSPS) is 10.8. The predicted octanol–water partition coefficient (Wildman–Crippen LogP) is 3.78. The standard InChI is InChI=1S/C16H12BrF2N5/c1-23(12-5-9(17)4-11(19)6-12)15-13-7-10(18)2-3-14(13)24(8-20)16(21)22-15/h2-8,20-21H,1H3. The van der Waals surface area contributed by atoms with Gasteiger partial charge in [-0.1, -0.05) is 15.9 Å². The largest absolute Gasteiger partial charge is 0.329 e. The lowest BCUT2D eigenvalue weighted by Gasteiger charge is -2.21. The van der Waals surface area contributed by atoms with Crippen molar-refractivity contribution >= 4 is 44.7 Å². The van der Waals surface area contributed by atoms with Gasteiger partial charge in [0.25, 0.3) is 0 Å². The third-order valence-electron chi connectivity index (χ3n) is 3.58. The van der Waals surface area contributed by atoms with Crippen molar-refractivity contribution in [3.8, 4) is 0 Å². The van der Waals surface area contributed by atoms with E-state index in [4.69, 9.17) is 10.8 Å². The molecule has 0 saturated heterocycles. The first-order valence-corrected chi connectivity index (χ1v) is 7.67. The Kier molecular flexibility index (Phi) is 4.15. The van der Waals surface area contributed by atoms with Crippen LogP contribution in [0.3, 0.4) is 0 Å². The summed E-state index contributed by atoms with van der Waals surface area (Å²) in [7, 11) is 1.65. The number of halogens is 3. The molecule has 8 heteroatoms. The highest BCUT2D eigenvalue weighted by Gasteiger charge is 2.15. The SMILES string of the molecule is CN(c1cc(F)cc(Br)c1)c1nc(=N)n(C=N)c2ccc(F)cc12. The molecule has 1 heterocycles. The van der Waals surface area contributed by atoms with Gasteiger partial charge in [0.05, 0.1) is 11.9 Å². The van der Waals surface area contributed by atoms with Gasteiger partial charge in [-0.2, -0.15) is 4.98 Å². The summed E-state index contributed by atoms with van der Waals surface area (Å²) in [6.07, 6.45) is 0.943. The third-order valence-corrected chi connectivity index (χ3v) is 4.04. The lowest BCUT2D eigenvalue weighted by Crippen LogP contribution is -2.26. The molecule has 3 rings (SSSR count). The summed E-state index contributed by atoms with van der Waals surface area (Å²) in [4.78, 5) is 5.72. The van der Waals surface area contributed by atoms with Crippen molar-refractivity contribution in [3.05, 3.63) is 58.1 Å². The molecule has 0 unspecified atom stereocenters. The first kappa shape index (κ1) is 16.3. The van der Waals surface area contributed by atoms with Crippen molar-refractivity contribution in [1.29, 1.82) is 10.8 Å². The summed E-state index contributed by atoms with van der Waals surface area (Å²) in [5.41, 5.74) is 0.775. The topological polar surface area (TPSA) is 68.8 Å². The van der Waals surface area contributed by atoms with E-state index in [9.17, 15) is 8.78 Å². The number of aromatic nitrogens is 2. The molecule has 0 bridgehead atoms. The van der Waals surface area contributed by atoms with Gasteiger partial charge in [-0.3, -0.25) is 15.4 Å². The zero-order valence-electron chi connectivity index (χ0n) is 12.5. The minimum atomic E-state index is -0.464. The fourth-order valence-corrected chi connectivity index (χ4v) is 2.92. The lowest BCUT2D eigenvalue weighted by atomic mass is 10.2. The number of anilines is 2. The Bertz CT molecular complexity index is 995. The maximum atomic E-state index is 13.7. The third kappa shape index (κ3) is 2.80.